The van der Waals surface area contributed by atoms with Gasteiger partial charge in [0, 0.05) is 24.5 Å². The van der Waals surface area contributed by atoms with Crippen molar-refractivity contribution in [3.05, 3.63) is 57.4 Å². The normalized spacial score (nSPS) is 8.75. The van der Waals surface area contributed by atoms with E-state index in [2.05, 4.69) is 9.97 Å². The fourth-order valence-electron chi connectivity index (χ4n) is 1.18. The number of aromatic nitrogens is 2. The predicted molar refractivity (Wildman–Crippen MR) is 60.3 cm³/mol. The first-order valence-corrected chi connectivity index (χ1v) is 4.13. The van der Waals surface area contributed by atoms with Crippen LogP contribution in [-0.2, 0) is 0 Å². The second-order valence-electron chi connectivity index (χ2n) is 2.88. The zero-order chi connectivity index (χ0) is 9.97. The van der Waals surface area contributed by atoms with Crippen LogP contribution < -0.4 is 11.1 Å². The highest BCUT2D eigenvalue weighted by Gasteiger charge is 1.96. The van der Waals surface area contributed by atoms with Gasteiger partial charge in [-0.3, -0.25) is 9.59 Å². The van der Waals surface area contributed by atoms with E-state index in [1.807, 2.05) is 0 Å². The highest BCUT2D eigenvalue weighted by atomic mass is 16.1. The van der Waals surface area contributed by atoms with Gasteiger partial charge in [0.05, 0.1) is 0 Å². The highest BCUT2D eigenvalue weighted by Crippen LogP contribution is 2.13. The summed E-state index contributed by atoms with van der Waals surface area (Å²) in [5.74, 6) is 0. The van der Waals surface area contributed by atoms with Gasteiger partial charge in [-0.05, 0) is 23.3 Å². The molecule has 0 bridgehead atoms. The summed E-state index contributed by atoms with van der Waals surface area (Å²) >= 11 is 0. The SMILES string of the molecule is O.O.O=c1ccc(-c2ccc(=O)[nH]c2)c[nH]1. The summed E-state index contributed by atoms with van der Waals surface area (Å²) in [4.78, 5) is 26.7. The van der Waals surface area contributed by atoms with Crippen molar-refractivity contribution in [2.45, 2.75) is 0 Å². The molecule has 0 spiro atoms. The molecule has 0 unspecified atom stereocenters. The lowest BCUT2D eigenvalue weighted by molar-refractivity contribution is 0.823. The Morgan fingerprint density at radius 2 is 1.06 bits per heavy atom. The van der Waals surface area contributed by atoms with Crippen LogP contribution in [0.4, 0.5) is 0 Å². The van der Waals surface area contributed by atoms with Gasteiger partial charge in [-0.2, -0.15) is 0 Å². The summed E-state index contributed by atoms with van der Waals surface area (Å²) < 4.78 is 0. The third-order valence-electron chi connectivity index (χ3n) is 1.90. The fraction of sp³-hybridized carbons (Fsp3) is 0. The van der Waals surface area contributed by atoms with Gasteiger partial charge in [0.2, 0.25) is 11.1 Å². The van der Waals surface area contributed by atoms with Crippen molar-refractivity contribution < 1.29 is 11.0 Å². The largest absolute Gasteiger partial charge is 0.412 e. The third kappa shape index (κ3) is 2.91. The Labute approximate surface area is 90.2 Å². The molecule has 0 aliphatic carbocycles. The zero-order valence-corrected chi connectivity index (χ0v) is 8.28. The fourth-order valence-corrected chi connectivity index (χ4v) is 1.18. The Hall–Kier alpha value is -2.18. The number of hydrogen-bond acceptors (Lipinski definition) is 2. The van der Waals surface area contributed by atoms with Crippen molar-refractivity contribution in [1.82, 2.24) is 9.97 Å². The molecular weight excluding hydrogens is 212 g/mol. The Bertz CT molecular complexity index is 467. The maximum atomic E-state index is 10.8. The minimum absolute atomic E-state index is 0. The summed E-state index contributed by atoms with van der Waals surface area (Å²) in [7, 11) is 0. The van der Waals surface area contributed by atoms with Crippen LogP contribution in [0.3, 0.4) is 0 Å². The lowest BCUT2D eigenvalue weighted by Gasteiger charge is -1.98. The van der Waals surface area contributed by atoms with E-state index in [-0.39, 0.29) is 22.1 Å². The van der Waals surface area contributed by atoms with Crippen molar-refractivity contribution in [3.63, 3.8) is 0 Å². The molecule has 0 amide bonds. The van der Waals surface area contributed by atoms with Gasteiger partial charge in [-0.25, -0.2) is 0 Å². The molecule has 0 radical (unpaired) electrons. The molecule has 0 fully saturated rings. The molecule has 0 aliphatic rings. The van der Waals surface area contributed by atoms with E-state index in [4.69, 9.17) is 0 Å². The number of aromatic amines is 2. The number of nitrogens with one attached hydrogen (secondary N) is 2. The lowest BCUT2D eigenvalue weighted by Crippen LogP contribution is -2.03. The van der Waals surface area contributed by atoms with Gasteiger partial charge in [-0.1, -0.05) is 0 Å². The highest BCUT2D eigenvalue weighted by molar-refractivity contribution is 5.60. The van der Waals surface area contributed by atoms with Crippen LogP contribution in [0.25, 0.3) is 11.1 Å². The van der Waals surface area contributed by atoms with Gasteiger partial charge < -0.3 is 20.9 Å². The maximum Gasteiger partial charge on any atom is 0.247 e. The van der Waals surface area contributed by atoms with E-state index in [0.29, 0.717) is 0 Å². The first kappa shape index (κ1) is 13.8. The topological polar surface area (TPSA) is 129 Å². The quantitative estimate of drug-likeness (QED) is 0.649. The van der Waals surface area contributed by atoms with Crippen LogP contribution in [0.2, 0.25) is 0 Å². The molecule has 0 saturated carbocycles. The van der Waals surface area contributed by atoms with Gasteiger partial charge in [0.1, 0.15) is 0 Å². The van der Waals surface area contributed by atoms with Crippen molar-refractivity contribution in [1.29, 1.82) is 0 Å². The Balaban J connectivity index is 0.00000112. The second kappa shape index (κ2) is 5.64. The molecule has 2 aromatic rings. The summed E-state index contributed by atoms with van der Waals surface area (Å²) in [6, 6.07) is 6.29. The standard InChI is InChI=1S/C10H8N2O2.2H2O/c13-9-3-1-7(5-11-9)8-2-4-10(14)12-6-8;;/h1-6H,(H,11,13)(H,12,14);2*1H2. The molecule has 2 aromatic heterocycles. The summed E-state index contributed by atoms with van der Waals surface area (Å²) in [5.41, 5.74) is 1.44. The monoisotopic (exact) mass is 224 g/mol. The van der Waals surface area contributed by atoms with Crippen LogP contribution in [0.1, 0.15) is 0 Å². The zero-order valence-electron chi connectivity index (χ0n) is 8.28. The van der Waals surface area contributed by atoms with E-state index in [1.54, 1.807) is 24.5 Å². The van der Waals surface area contributed by atoms with Gasteiger partial charge in [-0.15, -0.1) is 0 Å². The first-order chi connectivity index (χ1) is 6.75. The van der Waals surface area contributed by atoms with E-state index in [9.17, 15) is 9.59 Å². The average Bonchev–Trinajstić information content (AvgIpc) is 2.21. The minimum atomic E-state index is -0.141. The summed E-state index contributed by atoms with van der Waals surface area (Å²) in [6.45, 7) is 0. The van der Waals surface area contributed by atoms with Gasteiger partial charge in [0.15, 0.2) is 0 Å². The first-order valence-electron chi connectivity index (χ1n) is 4.13. The smallest absolute Gasteiger partial charge is 0.247 e. The molecule has 0 atom stereocenters. The number of H-pyrrole nitrogens is 2. The average molecular weight is 224 g/mol. The molecule has 6 heteroatoms. The lowest BCUT2D eigenvalue weighted by atomic mass is 10.1. The molecule has 6 N–H and O–H groups in total. The van der Waals surface area contributed by atoms with Crippen LogP contribution in [0.15, 0.2) is 46.2 Å². The molecule has 0 saturated heterocycles. The summed E-state index contributed by atoms with van der Waals surface area (Å²) in [6.07, 6.45) is 3.21. The van der Waals surface area contributed by atoms with Crippen LogP contribution >= 0.6 is 0 Å². The molecular formula is C10H12N2O4. The Morgan fingerprint density at radius 3 is 1.31 bits per heavy atom. The van der Waals surface area contributed by atoms with Crippen LogP contribution in [-0.4, -0.2) is 20.9 Å². The van der Waals surface area contributed by atoms with Gasteiger partial charge in [0.25, 0.3) is 0 Å². The molecule has 16 heavy (non-hydrogen) atoms. The second-order valence-corrected chi connectivity index (χ2v) is 2.88. The van der Waals surface area contributed by atoms with E-state index in [1.165, 1.54) is 12.1 Å². The predicted octanol–water partition coefficient (Wildman–Crippen LogP) is -0.919. The third-order valence-corrected chi connectivity index (χ3v) is 1.90. The minimum Gasteiger partial charge on any atom is -0.412 e. The number of pyridine rings is 2. The molecule has 2 rings (SSSR count). The van der Waals surface area contributed by atoms with Crippen molar-refractivity contribution in [3.8, 4) is 11.1 Å². The van der Waals surface area contributed by atoms with E-state index >= 15 is 0 Å². The van der Waals surface area contributed by atoms with Crippen LogP contribution in [0.5, 0.6) is 0 Å². The maximum absolute atomic E-state index is 10.8. The van der Waals surface area contributed by atoms with Gasteiger partial charge >= 0.3 is 0 Å². The summed E-state index contributed by atoms with van der Waals surface area (Å²) in [5, 5.41) is 0. The number of hydrogen-bond donors (Lipinski definition) is 2. The Kier molecular flexibility index (Phi) is 4.87. The molecule has 2 heterocycles. The Morgan fingerprint density at radius 1 is 0.688 bits per heavy atom. The molecule has 86 valence electrons. The van der Waals surface area contributed by atoms with Crippen molar-refractivity contribution in [2.75, 3.05) is 0 Å². The van der Waals surface area contributed by atoms with Crippen molar-refractivity contribution >= 4 is 0 Å². The number of rotatable bonds is 1. The van der Waals surface area contributed by atoms with Crippen LogP contribution in [0, 0.1) is 0 Å². The van der Waals surface area contributed by atoms with Crippen molar-refractivity contribution in [2.24, 2.45) is 0 Å². The molecule has 0 aromatic carbocycles. The van der Waals surface area contributed by atoms with E-state index in [0.717, 1.165) is 11.1 Å². The van der Waals surface area contributed by atoms with E-state index < -0.39 is 0 Å². The molecule has 0 aliphatic heterocycles. The molecule has 6 nitrogen and oxygen atoms in total.